The van der Waals surface area contributed by atoms with Crippen molar-refractivity contribution in [1.29, 1.82) is 0 Å². The first-order valence-electron chi connectivity index (χ1n) is 5.89. The molecule has 0 amide bonds. The minimum atomic E-state index is -0.785. The van der Waals surface area contributed by atoms with Crippen molar-refractivity contribution in [3.8, 4) is 0 Å². The van der Waals surface area contributed by atoms with E-state index in [2.05, 4.69) is 10.2 Å². The highest BCUT2D eigenvalue weighted by molar-refractivity contribution is 5.28. The molecule has 1 aliphatic rings. The highest BCUT2D eigenvalue weighted by atomic mass is 19.2. The van der Waals surface area contributed by atoms with E-state index in [0.717, 1.165) is 31.5 Å². The Balaban J connectivity index is 2.35. The first kappa shape index (κ1) is 12.5. The average molecular weight is 240 g/mol. The SMILES string of the molecule is CN(C)CC1(c2ccc(F)c(F)c2)CCCN1. The molecule has 94 valence electrons. The molecule has 1 aliphatic heterocycles. The summed E-state index contributed by atoms with van der Waals surface area (Å²) >= 11 is 0. The first-order chi connectivity index (χ1) is 8.03. The number of hydrogen-bond donors (Lipinski definition) is 1. The highest BCUT2D eigenvalue weighted by Crippen LogP contribution is 2.32. The fourth-order valence-corrected chi connectivity index (χ4v) is 2.61. The van der Waals surface area contributed by atoms with Crippen molar-refractivity contribution in [3.05, 3.63) is 35.4 Å². The number of likely N-dealkylation sites (N-methyl/N-ethyl adjacent to an activating group) is 1. The van der Waals surface area contributed by atoms with Crippen LogP contribution in [0.3, 0.4) is 0 Å². The van der Waals surface area contributed by atoms with E-state index in [1.54, 1.807) is 6.07 Å². The summed E-state index contributed by atoms with van der Waals surface area (Å²) in [6, 6.07) is 4.21. The first-order valence-corrected chi connectivity index (χ1v) is 5.89. The Kier molecular flexibility index (Phi) is 3.45. The molecule has 0 spiro atoms. The van der Waals surface area contributed by atoms with E-state index < -0.39 is 11.6 Å². The third-order valence-corrected chi connectivity index (χ3v) is 3.30. The summed E-state index contributed by atoms with van der Waals surface area (Å²) in [6.07, 6.45) is 2.02. The third-order valence-electron chi connectivity index (χ3n) is 3.30. The normalized spacial score (nSPS) is 24.5. The largest absolute Gasteiger partial charge is 0.307 e. The van der Waals surface area contributed by atoms with Crippen LogP contribution in [0.2, 0.25) is 0 Å². The zero-order valence-corrected chi connectivity index (χ0v) is 10.3. The van der Waals surface area contributed by atoms with Gasteiger partial charge in [0.15, 0.2) is 11.6 Å². The Morgan fingerprint density at radius 2 is 2.06 bits per heavy atom. The molecule has 0 aliphatic carbocycles. The van der Waals surface area contributed by atoms with E-state index in [1.807, 2.05) is 14.1 Å². The summed E-state index contributed by atoms with van der Waals surface area (Å²) in [4.78, 5) is 2.07. The molecule has 1 unspecified atom stereocenters. The van der Waals surface area contributed by atoms with Crippen LogP contribution in [0.5, 0.6) is 0 Å². The average Bonchev–Trinajstić information content (AvgIpc) is 2.70. The molecule has 1 fully saturated rings. The summed E-state index contributed by atoms with van der Waals surface area (Å²) in [6.45, 7) is 1.71. The molecule has 1 aromatic carbocycles. The molecule has 1 saturated heterocycles. The second-order valence-electron chi connectivity index (χ2n) is 4.98. The van der Waals surface area contributed by atoms with Gasteiger partial charge in [-0.3, -0.25) is 0 Å². The number of rotatable bonds is 3. The van der Waals surface area contributed by atoms with E-state index >= 15 is 0 Å². The Bertz CT molecular complexity index is 398. The van der Waals surface area contributed by atoms with Crippen molar-refractivity contribution in [2.45, 2.75) is 18.4 Å². The van der Waals surface area contributed by atoms with Crippen molar-refractivity contribution < 1.29 is 8.78 Å². The van der Waals surface area contributed by atoms with Gasteiger partial charge >= 0.3 is 0 Å². The predicted octanol–water partition coefficient (Wildman–Crippen LogP) is 2.11. The molecule has 0 aromatic heterocycles. The summed E-state index contributed by atoms with van der Waals surface area (Å²) in [7, 11) is 3.98. The zero-order valence-electron chi connectivity index (χ0n) is 10.3. The lowest BCUT2D eigenvalue weighted by atomic mass is 9.88. The molecule has 4 heteroatoms. The van der Waals surface area contributed by atoms with Crippen LogP contribution in [0.1, 0.15) is 18.4 Å². The summed E-state index contributed by atoms with van der Waals surface area (Å²) in [5.41, 5.74) is 0.598. The van der Waals surface area contributed by atoms with Gasteiger partial charge in [-0.2, -0.15) is 0 Å². The minimum Gasteiger partial charge on any atom is -0.307 e. The molecular formula is C13H18F2N2. The van der Waals surface area contributed by atoms with Crippen LogP contribution >= 0.6 is 0 Å². The second-order valence-corrected chi connectivity index (χ2v) is 4.98. The Labute approximate surface area is 101 Å². The maximum atomic E-state index is 13.3. The molecule has 0 radical (unpaired) electrons. The van der Waals surface area contributed by atoms with Crippen molar-refractivity contribution in [2.75, 3.05) is 27.2 Å². The van der Waals surface area contributed by atoms with E-state index in [0.29, 0.717) is 0 Å². The fourth-order valence-electron chi connectivity index (χ4n) is 2.61. The van der Waals surface area contributed by atoms with Crippen molar-refractivity contribution in [3.63, 3.8) is 0 Å². The second kappa shape index (κ2) is 4.70. The maximum absolute atomic E-state index is 13.3. The zero-order chi connectivity index (χ0) is 12.5. The van der Waals surface area contributed by atoms with Crippen molar-refractivity contribution in [1.82, 2.24) is 10.2 Å². The van der Waals surface area contributed by atoms with Gasteiger partial charge in [0, 0.05) is 6.54 Å². The van der Waals surface area contributed by atoms with Crippen LogP contribution in [0, 0.1) is 11.6 Å². The van der Waals surface area contributed by atoms with Gasteiger partial charge in [-0.25, -0.2) is 8.78 Å². The summed E-state index contributed by atoms with van der Waals surface area (Å²) in [5.74, 6) is -1.55. The Hall–Kier alpha value is -1.00. The van der Waals surface area contributed by atoms with Crippen LogP contribution in [0.4, 0.5) is 8.78 Å². The molecule has 0 saturated carbocycles. The van der Waals surface area contributed by atoms with Crippen molar-refractivity contribution in [2.24, 2.45) is 0 Å². The van der Waals surface area contributed by atoms with Gasteiger partial charge in [-0.15, -0.1) is 0 Å². The highest BCUT2D eigenvalue weighted by Gasteiger charge is 2.36. The van der Waals surface area contributed by atoms with Crippen LogP contribution < -0.4 is 5.32 Å². The molecule has 17 heavy (non-hydrogen) atoms. The van der Waals surface area contributed by atoms with Crippen molar-refractivity contribution >= 4 is 0 Å². The van der Waals surface area contributed by atoms with Crippen LogP contribution in [-0.2, 0) is 5.54 Å². The number of hydrogen-bond acceptors (Lipinski definition) is 2. The lowest BCUT2D eigenvalue weighted by molar-refractivity contribution is 0.259. The number of nitrogens with one attached hydrogen (secondary N) is 1. The van der Waals surface area contributed by atoms with Gasteiger partial charge in [0.05, 0.1) is 5.54 Å². The van der Waals surface area contributed by atoms with E-state index in [4.69, 9.17) is 0 Å². The third kappa shape index (κ3) is 2.48. The quantitative estimate of drug-likeness (QED) is 0.870. The van der Waals surface area contributed by atoms with Gasteiger partial charge in [-0.05, 0) is 51.2 Å². The van der Waals surface area contributed by atoms with Gasteiger partial charge < -0.3 is 10.2 Å². The molecule has 2 rings (SSSR count). The monoisotopic (exact) mass is 240 g/mol. The summed E-state index contributed by atoms with van der Waals surface area (Å²) in [5, 5.41) is 3.43. The molecule has 2 nitrogen and oxygen atoms in total. The van der Waals surface area contributed by atoms with Crippen LogP contribution in [-0.4, -0.2) is 32.1 Å². The molecule has 1 heterocycles. The van der Waals surface area contributed by atoms with E-state index in [1.165, 1.54) is 12.1 Å². The minimum absolute atomic E-state index is 0.238. The lowest BCUT2D eigenvalue weighted by Gasteiger charge is -2.33. The Morgan fingerprint density at radius 1 is 1.29 bits per heavy atom. The molecular weight excluding hydrogens is 222 g/mol. The van der Waals surface area contributed by atoms with E-state index in [9.17, 15) is 8.78 Å². The maximum Gasteiger partial charge on any atom is 0.159 e. The topological polar surface area (TPSA) is 15.3 Å². The Morgan fingerprint density at radius 3 is 2.59 bits per heavy atom. The van der Waals surface area contributed by atoms with Gasteiger partial charge in [0.2, 0.25) is 0 Å². The van der Waals surface area contributed by atoms with Gasteiger partial charge in [-0.1, -0.05) is 6.07 Å². The predicted molar refractivity (Wildman–Crippen MR) is 63.8 cm³/mol. The number of nitrogens with zero attached hydrogens (tertiary/aromatic N) is 1. The number of benzene rings is 1. The standard InChI is InChI=1S/C13H18F2N2/c1-17(2)9-13(6-3-7-16-13)10-4-5-11(14)12(15)8-10/h4-5,8,16H,3,6-7,9H2,1-2H3. The van der Waals surface area contributed by atoms with Gasteiger partial charge in [0.25, 0.3) is 0 Å². The number of halogens is 2. The fraction of sp³-hybridized carbons (Fsp3) is 0.538. The van der Waals surface area contributed by atoms with E-state index in [-0.39, 0.29) is 5.54 Å². The molecule has 1 aromatic rings. The van der Waals surface area contributed by atoms with Gasteiger partial charge in [0.1, 0.15) is 0 Å². The lowest BCUT2D eigenvalue weighted by Crippen LogP contribution is -2.45. The smallest absolute Gasteiger partial charge is 0.159 e. The molecule has 1 N–H and O–H groups in total. The molecule has 0 bridgehead atoms. The summed E-state index contributed by atoms with van der Waals surface area (Å²) < 4.78 is 26.3. The van der Waals surface area contributed by atoms with Crippen LogP contribution in [0.25, 0.3) is 0 Å². The molecule has 1 atom stereocenters. The van der Waals surface area contributed by atoms with Crippen LogP contribution in [0.15, 0.2) is 18.2 Å².